The summed E-state index contributed by atoms with van der Waals surface area (Å²) in [6, 6.07) is 7.14. The van der Waals surface area contributed by atoms with Gasteiger partial charge in [0.15, 0.2) is 11.3 Å². The highest BCUT2D eigenvalue weighted by atomic mass is 32.2. The zero-order valence-corrected chi connectivity index (χ0v) is 9.35. The van der Waals surface area contributed by atoms with E-state index in [0.717, 1.165) is 10.4 Å². The van der Waals surface area contributed by atoms with Gasteiger partial charge in [0, 0.05) is 16.3 Å². The largest absolute Gasteiger partial charge is 0.482 e. The van der Waals surface area contributed by atoms with Crippen LogP contribution >= 0.6 is 11.8 Å². The Hall–Kier alpha value is -1.42. The minimum atomic E-state index is -0.0171. The van der Waals surface area contributed by atoms with Gasteiger partial charge in [-0.3, -0.25) is 4.79 Å². The maximum atomic E-state index is 11.7. The van der Waals surface area contributed by atoms with Gasteiger partial charge in [-0.1, -0.05) is 6.07 Å². The van der Waals surface area contributed by atoms with Crippen LogP contribution in [0.5, 0.6) is 5.88 Å². The van der Waals surface area contributed by atoms with E-state index in [4.69, 9.17) is 4.74 Å². The molecule has 78 valence electrons. The van der Waals surface area contributed by atoms with E-state index in [0.29, 0.717) is 11.3 Å². The number of aromatic nitrogens is 1. The number of methoxy groups -OCH3 is 1. The maximum Gasteiger partial charge on any atom is 0.194 e. The molecule has 0 aliphatic heterocycles. The quantitative estimate of drug-likeness (QED) is 0.791. The Bertz CT molecular complexity index is 548. The van der Waals surface area contributed by atoms with Crippen molar-refractivity contribution in [3.8, 4) is 5.88 Å². The first kappa shape index (κ1) is 10.1. The van der Waals surface area contributed by atoms with Gasteiger partial charge in [-0.2, -0.15) is 0 Å². The first-order chi connectivity index (χ1) is 7.26. The molecule has 4 heteroatoms. The maximum absolute atomic E-state index is 11.7. The summed E-state index contributed by atoms with van der Waals surface area (Å²) in [4.78, 5) is 15.9. The predicted molar refractivity (Wildman–Crippen MR) is 62.9 cm³/mol. The standard InChI is InChI=1S/C11H11NO2S/c1-14-10-6-8(13)7-4-3-5-9(15-2)11(7)12-10/h3-6H,1-2H3,(H,12,13). The van der Waals surface area contributed by atoms with Crippen LogP contribution in [0.2, 0.25) is 0 Å². The summed E-state index contributed by atoms with van der Waals surface area (Å²) in [7, 11) is 1.54. The molecule has 0 saturated heterocycles. The number of hydrogen-bond acceptors (Lipinski definition) is 3. The van der Waals surface area contributed by atoms with Gasteiger partial charge in [0.2, 0.25) is 0 Å². The topological polar surface area (TPSA) is 42.1 Å². The number of nitrogens with one attached hydrogen (secondary N) is 1. The van der Waals surface area contributed by atoms with Gasteiger partial charge in [0.1, 0.15) is 0 Å². The Morgan fingerprint density at radius 2 is 2.20 bits per heavy atom. The highest BCUT2D eigenvalue weighted by Gasteiger charge is 2.05. The molecule has 0 radical (unpaired) electrons. The van der Waals surface area contributed by atoms with Crippen molar-refractivity contribution in [3.63, 3.8) is 0 Å². The van der Waals surface area contributed by atoms with E-state index in [1.54, 1.807) is 18.9 Å². The molecule has 0 aliphatic rings. The number of para-hydroxylation sites is 1. The second-order valence-corrected chi connectivity index (χ2v) is 3.93. The Morgan fingerprint density at radius 3 is 2.87 bits per heavy atom. The molecule has 1 heterocycles. The lowest BCUT2D eigenvalue weighted by atomic mass is 10.2. The second kappa shape index (κ2) is 3.98. The van der Waals surface area contributed by atoms with E-state index in [-0.39, 0.29) is 5.43 Å². The summed E-state index contributed by atoms with van der Waals surface area (Å²) < 4.78 is 5.04. The Labute approximate surface area is 91.5 Å². The fourth-order valence-corrected chi connectivity index (χ4v) is 2.08. The van der Waals surface area contributed by atoms with E-state index in [9.17, 15) is 4.79 Å². The van der Waals surface area contributed by atoms with Gasteiger partial charge in [-0.15, -0.1) is 11.8 Å². The average Bonchev–Trinajstić information content (AvgIpc) is 2.28. The van der Waals surface area contributed by atoms with Gasteiger partial charge in [0.05, 0.1) is 12.6 Å². The number of pyridine rings is 1. The van der Waals surface area contributed by atoms with E-state index in [1.165, 1.54) is 6.07 Å². The van der Waals surface area contributed by atoms with Crippen molar-refractivity contribution in [2.45, 2.75) is 4.90 Å². The number of aromatic amines is 1. The minimum absolute atomic E-state index is 0.0171. The minimum Gasteiger partial charge on any atom is -0.482 e. The number of rotatable bonds is 2. The highest BCUT2D eigenvalue weighted by Crippen LogP contribution is 2.23. The second-order valence-electron chi connectivity index (χ2n) is 3.08. The Kier molecular flexibility index (Phi) is 2.68. The van der Waals surface area contributed by atoms with Gasteiger partial charge in [0.25, 0.3) is 0 Å². The monoisotopic (exact) mass is 221 g/mol. The molecule has 1 N–H and O–H groups in total. The summed E-state index contributed by atoms with van der Waals surface area (Å²) in [5, 5.41) is 0.697. The van der Waals surface area contributed by atoms with Crippen LogP contribution in [0.3, 0.4) is 0 Å². The molecule has 3 nitrogen and oxygen atoms in total. The average molecular weight is 221 g/mol. The summed E-state index contributed by atoms with van der Waals surface area (Å²) in [5.74, 6) is 0.494. The van der Waals surface area contributed by atoms with Gasteiger partial charge >= 0.3 is 0 Å². The SMILES string of the molecule is COc1cc(=O)c2cccc(SC)c2[nH]1. The predicted octanol–water partition coefficient (Wildman–Crippen LogP) is 2.26. The fraction of sp³-hybridized carbons (Fsp3) is 0.182. The van der Waals surface area contributed by atoms with Crippen LogP contribution < -0.4 is 10.2 Å². The molecule has 2 rings (SSSR count). The van der Waals surface area contributed by atoms with Crippen LogP contribution in [0.1, 0.15) is 0 Å². The van der Waals surface area contributed by atoms with Crippen molar-refractivity contribution in [1.82, 2.24) is 4.98 Å². The normalized spacial score (nSPS) is 10.5. The lowest BCUT2D eigenvalue weighted by Gasteiger charge is -2.05. The number of thioether (sulfide) groups is 1. The molecule has 0 unspecified atom stereocenters. The molecule has 0 bridgehead atoms. The summed E-state index contributed by atoms with van der Waals surface area (Å²) in [5.41, 5.74) is 0.825. The molecule has 0 aliphatic carbocycles. The zero-order valence-electron chi connectivity index (χ0n) is 8.53. The third-order valence-electron chi connectivity index (χ3n) is 2.24. The third-order valence-corrected chi connectivity index (χ3v) is 3.02. The lowest BCUT2D eigenvalue weighted by Crippen LogP contribution is -2.03. The van der Waals surface area contributed by atoms with Crippen LogP contribution in [0.4, 0.5) is 0 Å². The van der Waals surface area contributed by atoms with Gasteiger partial charge in [-0.25, -0.2) is 0 Å². The Balaban J connectivity index is 2.85. The van der Waals surface area contributed by atoms with E-state index < -0.39 is 0 Å². The molecule has 0 fully saturated rings. The molecular formula is C11H11NO2S. The third kappa shape index (κ3) is 1.72. The molecule has 0 atom stereocenters. The Morgan fingerprint density at radius 1 is 1.40 bits per heavy atom. The number of benzene rings is 1. The number of hydrogen-bond donors (Lipinski definition) is 1. The number of H-pyrrole nitrogens is 1. The van der Waals surface area contributed by atoms with Crippen LogP contribution in [0, 0.1) is 0 Å². The first-order valence-electron chi connectivity index (χ1n) is 4.50. The van der Waals surface area contributed by atoms with Crippen molar-refractivity contribution in [2.75, 3.05) is 13.4 Å². The molecular weight excluding hydrogens is 210 g/mol. The first-order valence-corrected chi connectivity index (χ1v) is 5.72. The van der Waals surface area contributed by atoms with Crippen molar-refractivity contribution < 1.29 is 4.74 Å². The van der Waals surface area contributed by atoms with Crippen molar-refractivity contribution >= 4 is 22.7 Å². The summed E-state index contributed by atoms with van der Waals surface area (Å²) in [6.45, 7) is 0. The molecule has 2 aromatic rings. The molecule has 0 amide bonds. The molecule has 1 aromatic carbocycles. The van der Waals surface area contributed by atoms with Crippen LogP contribution in [-0.4, -0.2) is 18.3 Å². The van der Waals surface area contributed by atoms with E-state index >= 15 is 0 Å². The van der Waals surface area contributed by atoms with Crippen molar-refractivity contribution in [2.24, 2.45) is 0 Å². The molecule has 1 aromatic heterocycles. The number of ether oxygens (including phenoxy) is 1. The zero-order chi connectivity index (χ0) is 10.8. The van der Waals surface area contributed by atoms with Crippen molar-refractivity contribution in [1.29, 1.82) is 0 Å². The lowest BCUT2D eigenvalue weighted by molar-refractivity contribution is 0.399. The van der Waals surface area contributed by atoms with Gasteiger partial charge < -0.3 is 9.72 Å². The molecule has 0 saturated carbocycles. The summed E-state index contributed by atoms with van der Waals surface area (Å²) in [6.07, 6.45) is 1.98. The van der Waals surface area contributed by atoms with E-state index in [1.807, 2.05) is 24.5 Å². The van der Waals surface area contributed by atoms with Gasteiger partial charge in [-0.05, 0) is 18.4 Å². The van der Waals surface area contributed by atoms with Crippen LogP contribution in [0.25, 0.3) is 10.9 Å². The fourth-order valence-electron chi connectivity index (χ4n) is 1.50. The number of fused-ring (bicyclic) bond motifs is 1. The van der Waals surface area contributed by atoms with E-state index in [2.05, 4.69) is 4.98 Å². The van der Waals surface area contributed by atoms with Crippen LogP contribution in [0.15, 0.2) is 34.0 Å². The summed E-state index contributed by atoms with van der Waals surface area (Å²) >= 11 is 1.60. The molecule has 0 spiro atoms. The highest BCUT2D eigenvalue weighted by molar-refractivity contribution is 7.98. The van der Waals surface area contributed by atoms with Crippen LogP contribution in [-0.2, 0) is 0 Å². The van der Waals surface area contributed by atoms with Crippen molar-refractivity contribution in [3.05, 3.63) is 34.5 Å². The molecule has 15 heavy (non-hydrogen) atoms. The smallest absolute Gasteiger partial charge is 0.194 e.